The minimum atomic E-state index is 0. The lowest BCUT2D eigenvalue weighted by Gasteiger charge is -2.03. The fourth-order valence-corrected chi connectivity index (χ4v) is 4.96. The summed E-state index contributed by atoms with van der Waals surface area (Å²) in [7, 11) is 0. The van der Waals surface area contributed by atoms with Crippen molar-refractivity contribution in [1.82, 2.24) is 9.55 Å². The van der Waals surface area contributed by atoms with Crippen molar-refractivity contribution in [2.75, 3.05) is 0 Å². The number of imidazole rings is 1. The molecule has 0 atom stereocenters. The average Bonchev–Trinajstić information content (AvgIpc) is 3.45. The summed E-state index contributed by atoms with van der Waals surface area (Å²) in [5.41, 5.74) is 7.13. The molecule has 0 spiro atoms. The number of benzene rings is 2. The lowest BCUT2D eigenvalue weighted by Crippen LogP contribution is -3.00. The largest absolute Gasteiger partial charge is 1.00 e. The number of nitrogens with one attached hydrogen (secondary N) is 1. The molecule has 4 heterocycles. The number of aromatic amines is 1. The summed E-state index contributed by atoms with van der Waals surface area (Å²) in [6.45, 7) is 0.824. The molecule has 30 heavy (non-hydrogen) atoms. The monoisotopic (exact) mass is 449 g/mol. The Kier molecular flexibility index (Phi) is 4.78. The Labute approximate surface area is 188 Å². The molecule has 0 aliphatic carbocycles. The van der Waals surface area contributed by atoms with Crippen LogP contribution < -0.4 is 16.8 Å². The van der Waals surface area contributed by atoms with Crippen LogP contribution in [0.5, 0.6) is 0 Å². The number of nitrogens with zero attached hydrogens (tertiary/aromatic N) is 2. The van der Waals surface area contributed by atoms with Crippen LogP contribution in [0, 0.1) is 0 Å². The molecule has 0 fully saturated rings. The lowest BCUT2D eigenvalue weighted by atomic mass is 10.1. The molecule has 0 aliphatic rings. The van der Waals surface area contributed by atoms with Gasteiger partial charge in [0.2, 0.25) is 11.8 Å². The normalized spacial score (nSPS) is 11.4. The summed E-state index contributed by atoms with van der Waals surface area (Å²) < 4.78 is 4.54. The second-order valence-corrected chi connectivity index (χ2v) is 8.48. The molecule has 4 aromatic heterocycles. The molecule has 0 radical (unpaired) electrons. The number of fused-ring (bicyclic) bond motifs is 5. The first-order valence-corrected chi connectivity index (χ1v) is 10.8. The zero-order chi connectivity index (χ0) is 19.4. The molecule has 0 unspecified atom stereocenters. The van der Waals surface area contributed by atoms with Crippen LogP contribution in [-0.4, -0.2) is 9.55 Å². The van der Waals surface area contributed by atoms with Crippen molar-refractivity contribution in [1.29, 1.82) is 0 Å². The molecule has 0 amide bonds. The zero-order valence-corrected chi connectivity index (χ0v) is 18.2. The van der Waals surface area contributed by atoms with E-state index in [2.05, 4.69) is 85.8 Å². The quantitative estimate of drug-likeness (QED) is 0.401. The third-order valence-electron chi connectivity index (χ3n) is 5.47. The van der Waals surface area contributed by atoms with E-state index in [1.54, 1.807) is 11.3 Å². The maximum absolute atomic E-state index is 6.18. The first kappa shape index (κ1) is 19.2. The summed E-state index contributed by atoms with van der Waals surface area (Å²) in [4.78, 5) is 3.66. The molecule has 2 aromatic carbocycles. The third-order valence-corrected chi connectivity index (χ3v) is 6.45. The van der Waals surface area contributed by atoms with Crippen LogP contribution in [-0.2, 0) is 6.54 Å². The molecule has 0 saturated carbocycles. The van der Waals surface area contributed by atoms with E-state index in [0.29, 0.717) is 0 Å². The second-order valence-electron chi connectivity index (χ2n) is 7.26. The van der Waals surface area contributed by atoms with Gasteiger partial charge in [0.05, 0.1) is 11.7 Å². The van der Waals surface area contributed by atoms with Crippen LogP contribution in [0.1, 0.15) is 5.56 Å². The summed E-state index contributed by atoms with van der Waals surface area (Å²) in [6.07, 6.45) is 4.34. The number of thiophene rings is 1. The van der Waals surface area contributed by atoms with Crippen molar-refractivity contribution in [3.05, 3.63) is 94.5 Å². The van der Waals surface area contributed by atoms with Crippen LogP contribution in [0.25, 0.3) is 38.6 Å². The van der Waals surface area contributed by atoms with E-state index in [9.17, 15) is 0 Å². The van der Waals surface area contributed by atoms with Crippen LogP contribution >= 0.6 is 22.9 Å². The van der Waals surface area contributed by atoms with E-state index in [4.69, 9.17) is 11.6 Å². The smallest absolute Gasteiger partial charge is 0.249 e. The van der Waals surface area contributed by atoms with E-state index in [1.807, 2.05) is 12.1 Å². The predicted octanol–water partition coefficient (Wildman–Crippen LogP) is 3.30. The molecule has 6 aromatic rings. The van der Waals surface area contributed by atoms with Gasteiger partial charge in [-0.3, -0.25) is 0 Å². The number of rotatable bonds is 3. The first-order chi connectivity index (χ1) is 14.3. The molecule has 1 N–H and O–H groups in total. The maximum atomic E-state index is 6.18. The number of pyridine rings is 1. The Bertz CT molecular complexity index is 1480. The number of para-hydroxylation sites is 1. The van der Waals surface area contributed by atoms with Crippen LogP contribution in [0.15, 0.2) is 83.9 Å². The number of halogens is 2. The molecular weight excluding hydrogens is 433 g/mol. The van der Waals surface area contributed by atoms with Crippen LogP contribution in [0.2, 0.25) is 5.02 Å². The van der Waals surface area contributed by atoms with Gasteiger partial charge in [-0.25, -0.2) is 4.57 Å². The Balaban J connectivity index is 0.00000193. The fourth-order valence-electron chi connectivity index (χ4n) is 4.17. The average molecular weight is 450 g/mol. The lowest BCUT2D eigenvalue weighted by molar-refractivity contribution is -0.511. The molecule has 6 heteroatoms. The van der Waals surface area contributed by atoms with Crippen LogP contribution in [0.4, 0.5) is 0 Å². The predicted molar refractivity (Wildman–Crippen MR) is 121 cm³/mol. The summed E-state index contributed by atoms with van der Waals surface area (Å²) in [5, 5.41) is 7.57. The molecule has 0 saturated heterocycles. The molecule has 6 rings (SSSR count). The second kappa shape index (κ2) is 7.47. The van der Waals surface area contributed by atoms with Crippen molar-refractivity contribution in [3.8, 4) is 11.3 Å². The van der Waals surface area contributed by atoms with Crippen LogP contribution in [0.3, 0.4) is 0 Å². The standard InChI is InChI=1S/C24H17ClN3S.ClH/c25-18-7-5-17(6-8-18)23-24-22-20(19-3-1-2-4-21(19)26-22)9-11-27(24)15-28(23)13-16-10-12-29-14-16;/h1-12,14-15,26H,13H2;1H/q+1;/p-1. The van der Waals surface area contributed by atoms with E-state index in [-0.39, 0.29) is 12.4 Å². The van der Waals surface area contributed by atoms with Crippen molar-refractivity contribution < 1.29 is 16.8 Å². The van der Waals surface area contributed by atoms with Gasteiger partial charge in [-0.1, -0.05) is 29.8 Å². The minimum absolute atomic E-state index is 0. The SMILES string of the molecule is Clc1ccc(-c2c3c4[nH]c5ccccc5c4cc[n+]3cn2Cc2ccsc2)cc1.[Cl-]. The Hall–Kier alpha value is -2.79. The van der Waals surface area contributed by atoms with E-state index in [0.717, 1.165) is 28.2 Å². The summed E-state index contributed by atoms with van der Waals surface area (Å²) in [5.74, 6) is 0. The molecule has 3 nitrogen and oxygen atoms in total. The first-order valence-electron chi connectivity index (χ1n) is 9.48. The highest BCUT2D eigenvalue weighted by atomic mass is 35.5. The minimum Gasteiger partial charge on any atom is -1.00 e. The third kappa shape index (κ3) is 3.00. The van der Waals surface area contributed by atoms with Crippen molar-refractivity contribution in [2.45, 2.75) is 6.54 Å². The van der Waals surface area contributed by atoms with E-state index < -0.39 is 0 Å². The van der Waals surface area contributed by atoms with Crippen molar-refractivity contribution >= 4 is 50.3 Å². The number of aromatic nitrogens is 3. The van der Waals surface area contributed by atoms with Gasteiger partial charge < -0.3 is 17.4 Å². The van der Waals surface area contributed by atoms with Gasteiger partial charge in [-0.2, -0.15) is 15.7 Å². The van der Waals surface area contributed by atoms with E-state index in [1.165, 1.54) is 27.5 Å². The molecular formula is C24H17Cl2N3S. The van der Waals surface area contributed by atoms with Gasteiger partial charge >= 0.3 is 0 Å². The van der Waals surface area contributed by atoms with Gasteiger partial charge in [0, 0.05) is 32.4 Å². The van der Waals surface area contributed by atoms with Gasteiger partial charge in [0.1, 0.15) is 6.54 Å². The van der Waals surface area contributed by atoms with Crippen molar-refractivity contribution in [2.24, 2.45) is 0 Å². The molecule has 148 valence electrons. The highest BCUT2D eigenvalue weighted by molar-refractivity contribution is 7.07. The maximum Gasteiger partial charge on any atom is 0.249 e. The highest BCUT2D eigenvalue weighted by Crippen LogP contribution is 2.33. The highest BCUT2D eigenvalue weighted by Gasteiger charge is 2.24. The number of H-pyrrole nitrogens is 1. The van der Waals surface area contributed by atoms with Gasteiger partial charge in [0.15, 0.2) is 5.69 Å². The number of hydrogen-bond donors (Lipinski definition) is 1. The summed E-state index contributed by atoms with van der Waals surface area (Å²) >= 11 is 7.91. The zero-order valence-electron chi connectivity index (χ0n) is 15.8. The topological polar surface area (TPSA) is 24.8 Å². The van der Waals surface area contributed by atoms with Gasteiger partial charge in [-0.05, 0) is 53.2 Å². The van der Waals surface area contributed by atoms with Gasteiger partial charge in [-0.15, -0.1) is 0 Å². The van der Waals surface area contributed by atoms with Gasteiger partial charge in [0.25, 0.3) is 0 Å². The fraction of sp³-hybridized carbons (Fsp3) is 0.0417. The Morgan fingerprint density at radius 2 is 1.80 bits per heavy atom. The Morgan fingerprint density at radius 1 is 0.967 bits per heavy atom. The summed E-state index contributed by atoms with van der Waals surface area (Å²) in [6, 6.07) is 21.0. The molecule has 0 bridgehead atoms. The Morgan fingerprint density at radius 3 is 2.60 bits per heavy atom. The van der Waals surface area contributed by atoms with E-state index >= 15 is 0 Å². The molecule has 0 aliphatic heterocycles. The van der Waals surface area contributed by atoms with Crippen molar-refractivity contribution in [3.63, 3.8) is 0 Å². The number of hydrogen-bond acceptors (Lipinski definition) is 1.